The van der Waals surface area contributed by atoms with Crippen LogP contribution in [0.5, 0.6) is 5.75 Å². The Hall–Kier alpha value is -4.04. The number of hydrogen-bond donors (Lipinski definition) is 1. The lowest BCUT2D eigenvalue weighted by Gasteiger charge is -2.23. The van der Waals surface area contributed by atoms with Crippen LogP contribution in [0.1, 0.15) is 29.7 Å². The number of hydrogen-bond acceptors (Lipinski definition) is 6. The van der Waals surface area contributed by atoms with Gasteiger partial charge in [-0.1, -0.05) is 41.7 Å². The van der Waals surface area contributed by atoms with Gasteiger partial charge < -0.3 is 9.84 Å². The van der Waals surface area contributed by atoms with Crippen LogP contribution < -0.4 is 9.64 Å². The molecule has 1 saturated heterocycles. The van der Waals surface area contributed by atoms with E-state index in [1.54, 1.807) is 42.5 Å². The second-order valence-electron chi connectivity index (χ2n) is 8.64. The van der Waals surface area contributed by atoms with Crippen molar-refractivity contribution < 1.29 is 23.8 Å². The summed E-state index contributed by atoms with van der Waals surface area (Å²) in [7, 11) is 0. The van der Waals surface area contributed by atoms with E-state index < -0.39 is 23.5 Å². The molecule has 1 amide bonds. The second-order valence-corrected chi connectivity index (χ2v) is 9.65. The minimum Gasteiger partial charge on any atom is -0.507 e. The van der Waals surface area contributed by atoms with Crippen molar-refractivity contribution in [3.63, 3.8) is 0 Å². The number of benzene rings is 3. The molecule has 1 aromatic heterocycles. The zero-order valence-electron chi connectivity index (χ0n) is 18.6. The number of anilines is 1. The van der Waals surface area contributed by atoms with Crippen LogP contribution in [-0.2, 0) is 16.0 Å². The van der Waals surface area contributed by atoms with Gasteiger partial charge in [0.05, 0.1) is 21.8 Å². The van der Waals surface area contributed by atoms with Gasteiger partial charge in [-0.15, -0.1) is 0 Å². The quantitative estimate of drug-likeness (QED) is 0.239. The van der Waals surface area contributed by atoms with Gasteiger partial charge in [-0.25, -0.2) is 9.37 Å². The lowest BCUT2D eigenvalue weighted by atomic mass is 9.94. The summed E-state index contributed by atoms with van der Waals surface area (Å²) in [4.78, 5) is 32.4. The third-order valence-electron chi connectivity index (χ3n) is 6.27. The lowest BCUT2D eigenvalue weighted by Crippen LogP contribution is -2.29. The molecule has 1 N–H and O–H groups in total. The first kappa shape index (κ1) is 21.5. The molecule has 2 aliphatic rings. The summed E-state index contributed by atoms with van der Waals surface area (Å²) in [6.07, 6.45) is 0.719. The summed E-state index contributed by atoms with van der Waals surface area (Å²) in [5, 5.41) is 11.6. The highest BCUT2D eigenvalue weighted by molar-refractivity contribution is 7.22. The SMILES string of the molecule is C[C@H]1Cc2cc(C(O)=C3C(=O)C(=O)N(c4nc5ccc(F)cc5s4)[C@@H]3c3ccccc3)ccc2O1. The molecule has 0 saturated carbocycles. The fourth-order valence-corrected chi connectivity index (χ4v) is 5.71. The number of ether oxygens (including phenoxy) is 1. The molecule has 0 radical (unpaired) electrons. The molecular formula is C27H19FN2O4S. The maximum atomic E-state index is 13.8. The van der Waals surface area contributed by atoms with Crippen molar-refractivity contribution in [2.45, 2.75) is 25.5 Å². The molecule has 0 spiro atoms. The Morgan fingerprint density at radius 1 is 1.11 bits per heavy atom. The Balaban J connectivity index is 1.53. The Morgan fingerprint density at radius 3 is 2.71 bits per heavy atom. The number of rotatable bonds is 3. The highest BCUT2D eigenvalue weighted by atomic mass is 32.1. The van der Waals surface area contributed by atoms with Gasteiger partial charge in [-0.05, 0) is 54.4 Å². The first-order valence-corrected chi connectivity index (χ1v) is 11.9. The van der Waals surface area contributed by atoms with E-state index >= 15 is 0 Å². The van der Waals surface area contributed by atoms with Crippen molar-refractivity contribution in [3.8, 4) is 5.75 Å². The van der Waals surface area contributed by atoms with Gasteiger partial charge in [0.2, 0.25) is 0 Å². The molecule has 2 atom stereocenters. The van der Waals surface area contributed by atoms with E-state index in [4.69, 9.17) is 4.74 Å². The molecule has 1 fully saturated rings. The number of aromatic nitrogens is 1. The molecule has 174 valence electrons. The first-order valence-electron chi connectivity index (χ1n) is 11.1. The molecule has 6 nitrogen and oxygen atoms in total. The van der Waals surface area contributed by atoms with Crippen LogP contribution in [0, 0.1) is 5.82 Å². The van der Waals surface area contributed by atoms with Gasteiger partial charge in [0.1, 0.15) is 23.4 Å². The van der Waals surface area contributed by atoms with Gasteiger partial charge >= 0.3 is 5.91 Å². The van der Waals surface area contributed by atoms with Crippen LogP contribution in [-0.4, -0.2) is 27.9 Å². The van der Waals surface area contributed by atoms with Gasteiger partial charge in [-0.2, -0.15) is 0 Å². The van der Waals surface area contributed by atoms with Crippen molar-refractivity contribution in [2.75, 3.05) is 4.90 Å². The van der Waals surface area contributed by atoms with E-state index in [1.807, 2.05) is 13.0 Å². The number of halogens is 1. The number of carbonyl (C=O) groups excluding carboxylic acids is 2. The molecule has 4 aromatic rings. The van der Waals surface area contributed by atoms with Gasteiger partial charge in [0.25, 0.3) is 5.78 Å². The Kier molecular flexibility index (Phi) is 4.93. The number of fused-ring (bicyclic) bond motifs is 2. The van der Waals surface area contributed by atoms with Crippen LogP contribution in [0.2, 0.25) is 0 Å². The molecule has 6 rings (SSSR count). The molecular weight excluding hydrogens is 467 g/mol. The van der Waals surface area contributed by atoms with Gasteiger partial charge in [0.15, 0.2) is 5.13 Å². The number of amides is 1. The van der Waals surface area contributed by atoms with E-state index in [1.165, 1.54) is 23.1 Å². The number of nitrogens with zero attached hydrogens (tertiary/aromatic N) is 2. The first-order chi connectivity index (χ1) is 16.9. The Morgan fingerprint density at radius 2 is 1.91 bits per heavy atom. The van der Waals surface area contributed by atoms with Crippen molar-refractivity contribution in [1.29, 1.82) is 0 Å². The van der Waals surface area contributed by atoms with Crippen LogP contribution in [0.25, 0.3) is 16.0 Å². The number of carbonyl (C=O) groups is 2. The van der Waals surface area contributed by atoms with Crippen LogP contribution in [0.4, 0.5) is 9.52 Å². The highest BCUT2D eigenvalue weighted by Gasteiger charge is 2.48. The second kappa shape index (κ2) is 8.02. The van der Waals surface area contributed by atoms with Crippen LogP contribution in [0.15, 0.2) is 72.3 Å². The zero-order valence-corrected chi connectivity index (χ0v) is 19.4. The molecule has 8 heteroatoms. The summed E-state index contributed by atoms with van der Waals surface area (Å²) in [5.41, 5.74) is 2.52. The van der Waals surface area contributed by atoms with Crippen molar-refractivity contribution >= 4 is 44.1 Å². The summed E-state index contributed by atoms with van der Waals surface area (Å²) in [6.45, 7) is 1.96. The van der Waals surface area contributed by atoms with E-state index in [2.05, 4.69) is 4.98 Å². The third kappa shape index (κ3) is 3.49. The minimum absolute atomic E-state index is 0.0152. The molecule has 0 unspecified atom stereocenters. The Bertz CT molecular complexity index is 1550. The van der Waals surface area contributed by atoms with Crippen LogP contribution >= 0.6 is 11.3 Å². The van der Waals surface area contributed by atoms with Gasteiger partial charge in [-0.3, -0.25) is 14.5 Å². The lowest BCUT2D eigenvalue weighted by molar-refractivity contribution is -0.132. The van der Waals surface area contributed by atoms with Gasteiger partial charge in [0, 0.05) is 12.0 Å². The van der Waals surface area contributed by atoms with Crippen molar-refractivity contribution in [2.24, 2.45) is 0 Å². The van der Waals surface area contributed by atoms with Crippen molar-refractivity contribution in [3.05, 3.63) is 94.8 Å². The third-order valence-corrected chi connectivity index (χ3v) is 7.29. The molecule has 0 bridgehead atoms. The number of aliphatic hydroxyl groups is 1. The topological polar surface area (TPSA) is 79.7 Å². The highest BCUT2D eigenvalue weighted by Crippen LogP contribution is 2.44. The van der Waals surface area contributed by atoms with E-state index in [0.717, 1.165) is 22.6 Å². The fourth-order valence-electron chi connectivity index (χ4n) is 4.69. The Labute approximate surface area is 203 Å². The number of Topliss-reactive ketones (excluding diaryl/α,β-unsaturated/α-hetero) is 1. The predicted molar refractivity (Wildman–Crippen MR) is 131 cm³/mol. The standard InChI is InChI=1S/C27H19FN2O4S/c1-14-11-17-12-16(7-10-20(17)34-14)24(31)22-23(15-5-3-2-4-6-15)30(26(33)25(22)32)27-29-19-9-8-18(28)13-21(19)35-27/h2-10,12-14,23,31H,11H2,1H3/t14-,23+/m0/s1. The molecule has 3 heterocycles. The maximum Gasteiger partial charge on any atom is 0.301 e. The average molecular weight is 487 g/mol. The monoisotopic (exact) mass is 486 g/mol. The largest absolute Gasteiger partial charge is 0.507 e. The van der Waals surface area contributed by atoms with Crippen molar-refractivity contribution in [1.82, 2.24) is 4.98 Å². The summed E-state index contributed by atoms with van der Waals surface area (Å²) in [5.74, 6) is -1.51. The normalized spacial score (nSPS) is 20.9. The summed E-state index contributed by atoms with van der Waals surface area (Å²) >= 11 is 1.12. The van der Waals surface area contributed by atoms with E-state index in [9.17, 15) is 19.1 Å². The molecule has 3 aromatic carbocycles. The summed E-state index contributed by atoms with van der Waals surface area (Å²) < 4.78 is 20.1. The van der Waals surface area contributed by atoms with E-state index in [0.29, 0.717) is 27.8 Å². The van der Waals surface area contributed by atoms with Crippen LogP contribution in [0.3, 0.4) is 0 Å². The summed E-state index contributed by atoms with van der Waals surface area (Å²) in [6, 6.07) is 17.6. The molecule has 35 heavy (non-hydrogen) atoms. The maximum absolute atomic E-state index is 13.8. The number of aliphatic hydroxyl groups excluding tert-OH is 1. The molecule has 2 aliphatic heterocycles. The average Bonchev–Trinajstić information content (AvgIpc) is 3.51. The molecule has 0 aliphatic carbocycles. The number of ketones is 1. The van der Waals surface area contributed by atoms with E-state index in [-0.39, 0.29) is 22.6 Å². The predicted octanol–water partition coefficient (Wildman–Crippen LogP) is 5.39. The fraction of sp³-hybridized carbons (Fsp3) is 0.148. The minimum atomic E-state index is -0.884. The smallest absolute Gasteiger partial charge is 0.301 e. The number of thiazole rings is 1. The zero-order chi connectivity index (χ0) is 24.3.